The SMILES string of the molecule is N#Cc1ccccc1-c1ccc(NC(=O)c2cccnc2-c2cccc(N)c2C=NO)cc1. The van der Waals surface area contributed by atoms with Crippen LogP contribution in [-0.2, 0) is 0 Å². The van der Waals surface area contributed by atoms with Gasteiger partial charge in [0.15, 0.2) is 0 Å². The fraction of sp³-hybridized carbons (Fsp3) is 0. The lowest BCUT2D eigenvalue weighted by atomic mass is 9.98. The molecule has 1 heterocycles. The van der Waals surface area contributed by atoms with E-state index in [1.165, 1.54) is 6.21 Å². The van der Waals surface area contributed by atoms with E-state index in [-0.39, 0.29) is 5.91 Å². The summed E-state index contributed by atoms with van der Waals surface area (Å²) in [6.07, 6.45) is 2.80. The second kappa shape index (κ2) is 9.45. The molecule has 7 heteroatoms. The maximum Gasteiger partial charge on any atom is 0.257 e. The van der Waals surface area contributed by atoms with Crippen molar-refractivity contribution in [2.24, 2.45) is 5.16 Å². The van der Waals surface area contributed by atoms with Crippen LogP contribution in [0.15, 0.2) is 90.2 Å². The van der Waals surface area contributed by atoms with Gasteiger partial charge in [0.1, 0.15) is 0 Å². The third-order valence-electron chi connectivity index (χ3n) is 5.14. The highest BCUT2D eigenvalue weighted by Gasteiger charge is 2.17. The highest BCUT2D eigenvalue weighted by Crippen LogP contribution is 2.29. The van der Waals surface area contributed by atoms with Crippen molar-refractivity contribution in [3.8, 4) is 28.5 Å². The molecule has 0 saturated heterocycles. The van der Waals surface area contributed by atoms with Crippen LogP contribution in [0, 0.1) is 11.3 Å². The molecular formula is C26H19N5O2. The molecule has 4 rings (SSSR count). The highest BCUT2D eigenvalue weighted by molar-refractivity contribution is 6.09. The summed E-state index contributed by atoms with van der Waals surface area (Å²) < 4.78 is 0. The van der Waals surface area contributed by atoms with Gasteiger partial charge in [-0.3, -0.25) is 9.78 Å². The molecule has 1 aromatic heterocycles. The number of nitrogens with zero attached hydrogens (tertiary/aromatic N) is 3. The summed E-state index contributed by atoms with van der Waals surface area (Å²) in [4.78, 5) is 17.5. The van der Waals surface area contributed by atoms with E-state index in [2.05, 4.69) is 21.5 Å². The average molecular weight is 433 g/mol. The summed E-state index contributed by atoms with van der Waals surface area (Å²) >= 11 is 0. The molecule has 0 spiro atoms. The van der Waals surface area contributed by atoms with Crippen LogP contribution in [0.25, 0.3) is 22.4 Å². The number of hydrogen-bond donors (Lipinski definition) is 3. The zero-order valence-corrected chi connectivity index (χ0v) is 17.4. The molecule has 7 nitrogen and oxygen atoms in total. The van der Waals surface area contributed by atoms with Crippen molar-refractivity contribution in [1.29, 1.82) is 5.26 Å². The molecule has 4 N–H and O–H groups in total. The molecule has 4 aromatic rings. The molecule has 0 aliphatic rings. The Bertz CT molecular complexity index is 1390. The number of oxime groups is 1. The molecule has 33 heavy (non-hydrogen) atoms. The molecule has 160 valence electrons. The summed E-state index contributed by atoms with van der Waals surface area (Å²) in [5.74, 6) is -0.349. The van der Waals surface area contributed by atoms with Crippen LogP contribution in [0.3, 0.4) is 0 Å². The highest BCUT2D eigenvalue weighted by atomic mass is 16.4. The molecule has 0 unspecified atom stereocenters. The van der Waals surface area contributed by atoms with Gasteiger partial charge in [0.25, 0.3) is 5.91 Å². The normalized spacial score (nSPS) is 10.6. The summed E-state index contributed by atoms with van der Waals surface area (Å²) in [5.41, 5.74) is 11.1. The predicted octanol–water partition coefficient (Wildman–Crippen LogP) is 4.93. The van der Waals surface area contributed by atoms with Gasteiger partial charge in [-0.1, -0.05) is 47.6 Å². The standard InChI is InChI=1S/C26H19N5O2/c27-15-18-5-1-2-6-20(18)17-10-12-19(13-11-17)31-26(32)22-8-4-14-29-25(22)21-7-3-9-24(28)23(21)16-30-33/h1-14,16,33H,28H2,(H,31,32). The molecule has 0 aliphatic carbocycles. The van der Waals surface area contributed by atoms with E-state index in [1.54, 1.807) is 54.7 Å². The van der Waals surface area contributed by atoms with Crippen LogP contribution in [0.2, 0.25) is 0 Å². The van der Waals surface area contributed by atoms with E-state index in [4.69, 9.17) is 10.9 Å². The molecule has 0 bridgehead atoms. The van der Waals surface area contributed by atoms with Gasteiger partial charge < -0.3 is 16.3 Å². The number of anilines is 2. The summed E-state index contributed by atoms with van der Waals surface area (Å²) in [7, 11) is 0. The van der Waals surface area contributed by atoms with E-state index in [1.807, 2.05) is 30.3 Å². The summed E-state index contributed by atoms with van der Waals surface area (Å²) in [6, 6.07) is 25.3. The van der Waals surface area contributed by atoms with Crippen LogP contribution in [0.1, 0.15) is 21.5 Å². The molecule has 0 radical (unpaired) electrons. The third kappa shape index (κ3) is 4.40. The number of carbonyl (C=O) groups is 1. The summed E-state index contributed by atoms with van der Waals surface area (Å²) in [5, 5.41) is 24.3. The van der Waals surface area contributed by atoms with Crippen LogP contribution in [0.4, 0.5) is 11.4 Å². The number of hydrogen-bond acceptors (Lipinski definition) is 6. The molecule has 0 atom stereocenters. The van der Waals surface area contributed by atoms with Crippen molar-refractivity contribution in [2.75, 3.05) is 11.1 Å². The maximum atomic E-state index is 13.1. The number of rotatable bonds is 5. The van der Waals surface area contributed by atoms with Gasteiger partial charge >= 0.3 is 0 Å². The number of nitrogens with one attached hydrogen (secondary N) is 1. The van der Waals surface area contributed by atoms with E-state index in [9.17, 15) is 10.1 Å². The van der Waals surface area contributed by atoms with Gasteiger partial charge in [0, 0.05) is 28.7 Å². The largest absolute Gasteiger partial charge is 0.411 e. The van der Waals surface area contributed by atoms with Crippen LogP contribution in [0.5, 0.6) is 0 Å². The number of benzene rings is 3. The maximum absolute atomic E-state index is 13.1. The zero-order valence-electron chi connectivity index (χ0n) is 17.4. The van der Waals surface area contributed by atoms with Crippen molar-refractivity contribution in [3.63, 3.8) is 0 Å². The Morgan fingerprint density at radius 2 is 1.76 bits per heavy atom. The van der Waals surface area contributed by atoms with Crippen molar-refractivity contribution >= 4 is 23.5 Å². The van der Waals surface area contributed by atoms with E-state index >= 15 is 0 Å². The Hall–Kier alpha value is -4.96. The monoisotopic (exact) mass is 433 g/mol. The number of nitrogen functional groups attached to an aromatic ring is 1. The second-order valence-corrected chi connectivity index (χ2v) is 7.14. The number of aromatic nitrogens is 1. The Morgan fingerprint density at radius 3 is 2.52 bits per heavy atom. The minimum Gasteiger partial charge on any atom is -0.411 e. The van der Waals surface area contributed by atoms with Crippen molar-refractivity contribution in [2.45, 2.75) is 0 Å². The van der Waals surface area contributed by atoms with Gasteiger partial charge in [-0.15, -0.1) is 0 Å². The first kappa shape index (κ1) is 21.3. The van der Waals surface area contributed by atoms with E-state index in [0.717, 1.165) is 11.1 Å². The van der Waals surface area contributed by atoms with Crippen molar-refractivity contribution in [1.82, 2.24) is 4.98 Å². The minimum atomic E-state index is -0.349. The first-order valence-electron chi connectivity index (χ1n) is 10.0. The third-order valence-corrected chi connectivity index (χ3v) is 5.14. The van der Waals surface area contributed by atoms with E-state index < -0.39 is 0 Å². The Morgan fingerprint density at radius 1 is 1.00 bits per heavy atom. The number of carbonyl (C=O) groups excluding carboxylic acids is 1. The van der Waals surface area contributed by atoms with Crippen LogP contribution >= 0.6 is 0 Å². The number of nitriles is 1. The lowest BCUT2D eigenvalue weighted by molar-refractivity contribution is 0.102. The fourth-order valence-corrected chi connectivity index (χ4v) is 3.56. The first-order valence-corrected chi connectivity index (χ1v) is 10.0. The van der Waals surface area contributed by atoms with Gasteiger partial charge in [-0.25, -0.2) is 0 Å². The Kier molecular flexibility index (Phi) is 6.10. The van der Waals surface area contributed by atoms with Gasteiger partial charge in [0.2, 0.25) is 0 Å². The first-order chi connectivity index (χ1) is 16.1. The van der Waals surface area contributed by atoms with Crippen LogP contribution in [-0.4, -0.2) is 22.3 Å². The topological polar surface area (TPSA) is 124 Å². The van der Waals surface area contributed by atoms with Gasteiger partial charge in [-0.05, 0) is 47.5 Å². The lowest BCUT2D eigenvalue weighted by Gasteiger charge is -2.13. The van der Waals surface area contributed by atoms with E-state index in [0.29, 0.717) is 39.3 Å². The Labute approximate surface area is 190 Å². The number of pyridine rings is 1. The average Bonchev–Trinajstić information content (AvgIpc) is 2.86. The smallest absolute Gasteiger partial charge is 0.257 e. The zero-order chi connectivity index (χ0) is 23.2. The predicted molar refractivity (Wildman–Crippen MR) is 128 cm³/mol. The van der Waals surface area contributed by atoms with Gasteiger partial charge in [0.05, 0.1) is 29.1 Å². The second-order valence-electron chi connectivity index (χ2n) is 7.14. The number of nitrogens with two attached hydrogens (primary N) is 1. The van der Waals surface area contributed by atoms with Crippen molar-refractivity contribution in [3.05, 3.63) is 102 Å². The molecule has 0 saturated carbocycles. The molecule has 3 aromatic carbocycles. The fourth-order valence-electron chi connectivity index (χ4n) is 3.56. The molecule has 0 fully saturated rings. The number of amides is 1. The summed E-state index contributed by atoms with van der Waals surface area (Å²) in [6.45, 7) is 0. The molecular weight excluding hydrogens is 414 g/mol. The quantitative estimate of drug-likeness (QED) is 0.178. The lowest BCUT2D eigenvalue weighted by Crippen LogP contribution is -2.14. The van der Waals surface area contributed by atoms with Crippen LogP contribution < -0.4 is 11.1 Å². The molecule has 1 amide bonds. The Balaban J connectivity index is 1.64. The minimum absolute atomic E-state index is 0.342. The molecule has 0 aliphatic heterocycles. The van der Waals surface area contributed by atoms with Gasteiger partial charge in [-0.2, -0.15) is 5.26 Å². The van der Waals surface area contributed by atoms with Crippen molar-refractivity contribution < 1.29 is 10.0 Å².